The fourth-order valence-corrected chi connectivity index (χ4v) is 4.24. The standard InChI is InChI=1S/C22H31N3O2S/c1-6-23-22(24-10-9-19-12-16(2)11-17(3)13-19)25-15-20-7-8-21(18(4)14-20)28(5,26)27/h7-8,11-14H,6,9-10,15H2,1-5H3,(H2,23,24,25). The van der Waals surface area contributed by atoms with Gasteiger partial charge in [0.2, 0.25) is 0 Å². The summed E-state index contributed by atoms with van der Waals surface area (Å²) in [6.07, 6.45) is 2.16. The molecule has 5 nitrogen and oxygen atoms in total. The van der Waals surface area contributed by atoms with Crippen LogP contribution in [0.25, 0.3) is 0 Å². The quantitative estimate of drug-likeness (QED) is 0.552. The van der Waals surface area contributed by atoms with E-state index in [1.807, 2.05) is 26.0 Å². The first-order chi connectivity index (χ1) is 13.2. The second-order valence-corrected chi connectivity index (χ2v) is 9.22. The molecule has 0 aliphatic carbocycles. The van der Waals surface area contributed by atoms with Gasteiger partial charge < -0.3 is 10.6 Å². The van der Waals surface area contributed by atoms with Gasteiger partial charge in [-0.25, -0.2) is 13.4 Å². The fourth-order valence-electron chi connectivity index (χ4n) is 3.28. The Kier molecular flexibility index (Phi) is 7.63. The SMILES string of the molecule is CCNC(=NCc1ccc(S(C)(=O)=O)c(C)c1)NCCc1cc(C)cc(C)c1. The third-order valence-corrected chi connectivity index (χ3v) is 5.65. The van der Waals surface area contributed by atoms with E-state index in [9.17, 15) is 8.42 Å². The Balaban J connectivity index is 2.01. The van der Waals surface area contributed by atoms with Gasteiger partial charge in [-0.15, -0.1) is 0 Å². The molecule has 0 unspecified atom stereocenters. The van der Waals surface area contributed by atoms with Gasteiger partial charge in [-0.05, 0) is 56.9 Å². The van der Waals surface area contributed by atoms with Crippen LogP contribution in [-0.2, 0) is 22.8 Å². The molecule has 2 aromatic rings. The van der Waals surface area contributed by atoms with Crippen molar-refractivity contribution in [2.75, 3.05) is 19.3 Å². The molecule has 0 bridgehead atoms. The number of guanidine groups is 1. The van der Waals surface area contributed by atoms with Crippen molar-refractivity contribution < 1.29 is 8.42 Å². The molecule has 152 valence electrons. The van der Waals surface area contributed by atoms with E-state index in [1.54, 1.807) is 6.07 Å². The summed E-state index contributed by atoms with van der Waals surface area (Å²) >= 11 is 0. The molecule has 0 fully saturated rings. The summed E-state index contributed by atoms with van der Waals surface area (Å²) in [5, 5.41) is 6.63. The minimum atomic E-state index is -3.20. The summed E-state index contributed by atoms with van der Waals surface area (Å²) in [6, 6.07) is 12.0. The summed E-state index contributed by atoms with van der Waals surface area (Å²) in [6.45, 7) is 10.1. The zero-order valence-electron chi connectivity index (χ0n) is 17.5. The van der Waals surface area contributed by atoms with E-state index in [2.05, 4.69) is 47.7 Å². The van der Waals surface area contributed by atoms with Gasteiger partial charge in [-0.3, -0.25) is 0 Å². The van der Waals surface area contributed by atoms with E-state index in [1.165, 1.54) is 22.9 Å². The highest BCUT2D eigenvalue weighted by molar-refractivity contribution is 7.90. The molecule has 0 amide bonds. The molecule has 28 heavy (non-hydrogen) atoms. The monoisotopic (exact) mass is 401 g/mol. The third-order valence-electron chi connectivity index (χ3n) is 4.39. The Morgan fingerprint density at radius 2 is 1.64 bits per heavy atom. The van der Waals surface area contributed by atoms with Crippen molar-refractivity contribution in [3.05, 3.63) is 64.2 Å². The van der Waals surface area contributed by atoms with Gasteiger partial charge >= 0.3 is 0 Å². The van der Waals surface area contributed by atoms with Crippen molar-refractivity contribution in [2.24, 2.45) is 4.99 Å². The molecule has 2 rings (SSSR count). The maximum atomic E-state index is 11.7. The van der Waals surface area contributed by atoms with Gasteiger partial charge in [0.05, 0.1) is 11.4 Å². The summed E-state index contributed by atoms with van der Waals surface area (Å²) in [4.78, 5) is 5.00. The average Bonchev–Trinajstić information content (AvgIpc) is 2.57. The van der Waals surface area contributed by atoms with Crippen LogP contribution >= 0.6 is 0 Å². The number of aryl methyl sites for hydroxylation is 3. The maximum absolute atomic E-state index is 11.7. The highest BCUT2D eigenvalue weighted by Gasteiger charge is 2.10. The van der Waals surface area contributed by atoms with E-state index >= 15 is 0 Å². The minimum Gasteiger partial charge on any atom is -0.357 e. The second-order valence-electron chi connectivity index (χ2n) is 7.24. The number of aliphatic imine (C=N–C) groups is 1. The smallest absolute Gasteiger partial charge is 0.191 e. The molecule has 0 heterocycles. The van der Waals surface area contributed by atoms with Crippen LogP contribution in [0, 0.1) is 20.8 Å². The third kappa shape index (κ3) is 6.68. The Bertz CT molecular complexity index is 930. The first kappa shape index (κ1) is 22.0. The molecule has 0 spiro atoms. The van der Waals surface area contributed by atoms with E-state index in [4.69, 9.17) is 0 Å². The Morgan fingerprint density at radius 3 is 2.21 bits per heavy atom. The summed E-state index contributed by atoms with van der Waals surface area (Å²) < 4.78 is 23.5. The fraction of sp³-hybridized carbons (Fsp3) is 0.409. The number of nitrogens with one attached hydrogen (secondary N) is 2. The highest BCUT2D eigenvalue weighted by Crippen LogP contribution is 2.17. The number of benzene rings is 2. The lowest BCUT2D eigenvalue weighted by Gasteiger charge is -2.12. The predicted molar refractivity (Wildman–Crippen MR) is 117 cm³/mol. The van der Waals surface area contributed by atoms with E-state index < -0.39 is 9.84 Å². The molecule has 0 aromatic heterocycles. The molecule has 2 aromatic carbocycles. The van der Waals surface area contributed by atoms with Crippen molar-refractivity contribution >= 4 is 15.8 Å². The van der Waals surface area contributed by atoms with E-state index in [-0.39, 0.29) is 0 Å². The van der Waals surface area contributed by atoms with Gasteiger partial charge in [0.15, 0.2) is 15.8 Å². The first-order valence-electron chi connectivity index (χ1n) is 9.58. The maximum Gasteiger partial charge on any atom is 0.191 e. The predicted octanol–water partition coefficient (Wildman–Crippen LogP) is 3.31. The summed E-state index contributed by atoms with van der Waals surface area (Å²) in [5.41, 5.74) is 5.61. The van der Waals surface area contributed by atoms with Gasteiger partial charge in [0.25, 0.3) is 0 Å². The summed E-state index contributed by atoms with van der Waals surface area (Å²) in [7, 11) is -3.20. The average molecular weight is 402 g/mol. The molecule has 2 N–H and O–H groups in total. The van der Waals surface area contributed by atoms with Crippen molar-refractivity contribution in [2.45, 2.75) is 45.6 Å². The van der Waals surface area contributed by atoms with E-state index in [0.717, 1.165) is 36.6 Å². The Labute approximate surface area is 169 Å². The zero-order valence-corrected chi connectivity index (χ0v) is 18.3. The van der Waals surface area contributed by atoms with Crippen molar-refractivity contribution in [3.8, 4) is 0 Å². The molecular weight excluding hydrogens is 370 g/mol. The van der Waals surface area contributed by atoms with Crippen LogP contribution in [0.2, 0.25) is 0 Å². The highest BCUT2D eigenvalue weighted by atomic mass is 32.2. The Morgan fingerprint density at radius 1 is 0.964 bits per heavy atom. The minimum absolute atomic E-state index is 0.374. The Hall–Kier alpha value is -2.34. The van der Waals surface area contributed by atoms with Gasteiger partial charge in [-0.2, -0.15) is 0 Å². The second kappa shape index (κ2) is 9.73. The van der Waals surface area contributed by atoms with Crippen LogP contribution in [0.4, 0.5) is 0 Å². The van der Waals surface area contributed by atoms with Crippen molar-refractivity contribution in [3.63, 3.8) is 0 Å². The number of nitrogens with zero attached hydrogens (tertiary/aromatic N) is 1. The lowest BCUT2D eigenvalue weighted by atomic mass is 10.1. The zero-order chi connectivity index (χ0) is 20.7. The number of rotatable bonds is 7. The van der Waals surface area contributed by atoms with Crippen LogP contribution in [-0.4, -0.2) is 33.7 Å². The molecule has 0 aliphatic heterocycles. The van der Waals surface area contributed by atoms with Gasteiger partial charge in [-0.1, -0.05) is 41.5 Å². The normalized spacial score (nSPS) is 12.1. The molecule has 0 radical (unpaired) electrons. The topological polar surface area (TPSA) is 70.6 Å². The van der Waals surface area contributed by atoms with Crippen LogP contribution in [0.15, 0.2) is 46.3 Å². The number of hydrogen-bond donors (Lipinski definition) is 2. The van der Waals surface area contributed by atoms with Crippen LogP contribution < -0.4 is 10.6 Å². The van der Waals surface area contributed by atoms with Crippen LogP contribution in [0.5, 0.6) is 0 Å². The molecule has 6 heteroatoms. The van der Waals surface area contributed by atoms with Gasteiger partial charge in [0.1, 0.15) is 0 Å². The molecule has 0 atom stereocenters. The van der Waals surface area contributed by atoms with Crippen molar-refractivity contribution in [1.29, 1.82) is 0 Å². The summed E-state index contributed by atoms with van der Waals surface area (Å²) in [5.74, 6) is 0.761. The van der Waals surface area contributed by atoms with Gasteiger partial charge in [0, 0.05) is 19.3 Å². The lowest BCUT2D eigenvalue weighted by molar-refractivity contribution is 0.601. The number of hydrogen-bond acceptors (Lipinski definition) is 3. The molecule has 0 aliphatic rings. The lowest BCUT2D eigenvalue weighted by Crippen LogP contribution is -2.38. The molecule has 0 saturated heterocycles. The van der Waals surface area contributed by atoms with Crippen LogP contribution in [0.1, 0.15) is 34.7 Å². The van der Waals surface area contributed by atoms with Crippen LogP contribution in [0.3, 0.4) is 0 Å². The van der Waals surface area contributed by atoms with E-state index in [0.29, 0.717) is 11.4 Å². The first-order valence-corrected chi connectivity index (χ1v) is 11.5. The van der Waals surface area contributed by atoms with Crippen molar-refractivity contribution in [1.82, 2.24) is 10.6 Å². The molecule has 0 saturated carbocycles. The largest absolute Gasteiger partial charge is 0.357 e. The molecular formula is C22H31N3O2S. The number of sulfone groups is 1.